The summed E-state index contributed by atoms with van der Waals surface area (Å²) in [6.07, 6.45) is 1.17. The van der Waals surface area contributed by atoms with Crippen molar-refractivity contribution < 1.29 is 9.53 Å². The van der Waals surface area contributed by atoms with E-state index >= 15 is 0 Å². The fourth-order valence-electron chi connectivity index (χ4n) is 3.83. The van der Waals surface area contributed by atoms with Gasteiger partial charge in [-0.2, -0.15) is 0 Å². The Morgan fingerprint density at radius 2 is 1.79 bits per heavy atom. The van der Waals surface area contributed by atoms with E-state index in [-0.39, 0.29) is 12.1 Å². The topological polar surface area (TPSA) is 34.5 Å². The fraction of sp³-hybridized carbons (Fsp3) is 0.375. The van der Waals surface area contributed by atoms with Crippen molar-refractivity contribution in [1.29, 1.82) is 0 Å². The lowest BCUT2D eigenvalue weighted by Crippen LogP contribution is -2.21. The minimum atomic E-state index is -0.324. The first kappa shape index (κ1) is 21.4. The van der Waals surface area contributed by atoms with Gasteiger partial charge in [-0.25, -0.2) is 4.79 Å². The number of para-hydroxylation sites is 1. The number of ether oxygens (including phenoxy) is 1. The Morgan fingerprint density at radius 1 is 1.10 bits per heavy atom. The average Bonchev–Trinajstić information content (AvgIpc) is 3.05. The van der Waals surface area contributed by atoms with Crippen molar-refractivity contribution >= 4 is 28.5 Å². The number of aryl methyl sites for hydroxylation is 2. The van der Waals surface area contributed by atoms with Crippen LogP contribution in [0.15, 0.2) is 48.5 Å². The first-order valence-electron chi connectivity index (χ1n) is 10.2. The molecule has 0 aliphatic heterocycles. The SMILES string of the molecule is CCc1c(C(=O)OC(CCN(C)C)c2ccc(Cl)cc2)n(CC)c2ccccc12. The van der Waals surface area contributed by atoms with Crippen molar-refractivity contribution in [3.05, 3.63) is 70.4 Å². The monoisotopic (exact) mass is 412 g/mol. The number of nitrogens with zero attached hydrogens (tertiary/aromatic N) is 2. The van der Waals surface area contributed by atoms with Crippen LogP contribution >= 0.6 is 11.6 Å². The maximum atomic E-state index is 13.4. The molecule has 1 heterocycles. The van der Waals surface area contributed by atoms with Gasteiger partial charge in [0.05, 0.1) is 0 Å². The summed E-state index contributed by atoms with van der Waals surface area (Å²) in [6, 6.07) is 15.7. The van der Waals surface area contributed by atoms with Gasteiger partial charge in [-0.1, -0.05) is 48.9 Å². The third-order valence-corrected chi connectivity index (χ3v) is 5.52. The molecular formula is C24H29ClN2O2. The van der Waals surface area contributed by atoms with Crippen molar-refractivity contribution in [2.24, 2.45) is 0 Å². The quantitative estimate of drug-likeness (QED) is 0.443. The second kappa shape index (κ2) is 9.47. The molecule has 0 radical (unpaired) electrons. The summed E-state index contributed by atoms with van der Waals surface area (Å²) in [6.45, 7) is 5.68. The van der Waals surface area contributed by atoms with Crippen LogP contribution in [0, 0.1) is 0 Å². The molecule has 29 heavy (non-hydrogen) atoms. The van der Waals surface area contributed by atoms with E-state index in [4.69, 9.17) is 16.3 Å². The number of benzene rings is 2. The molecule has 0 fully saturated rings. The maximum Gasteiger partial charge on any atom is 0.355 e. The Hall–Kier alpha value is -2.30. The molecule has 0 aliphatic carbocycles. The van der Waals surface area contributed by atoms with Gasteiger partial charge in [0.15, 0.2) is 0 Å². The molecule has 1 unspecified atom stereocenters. The van der Waals surface area contributed by atoms with Gasteiger partial charge >= 0.3 is 5.97 Å². The normalized spacial score (nSPS) is 12.5. The molecule has 5 heteroatoms. The summed E-state index contributed by atoms with van der Waals surface area (Å²) in [7, 11) is 4.04. The first-order valence-corrected chi connectivity index (χ1v) is 10.5. The summed E-state index contributed by atoms with van der Waals surface area (Å²) >= 11 is 6.05. The number of fused-ring (bicyclic) bond motifs is 1. The molecule has 0 saturated carbocycles. The minimum absolute atomic E-state index is 0.265. The lowest BCUT2D eigenvalue weighted by molar-refractivity contribution is 0.0248. The van der Waals surface area contributed by atoms with Gasteiger partial charge in [0.25, 0.3) is 0 Å². The lowest BCUT2D eigenvalue weighted by Gasteiger charge is -2.21. The summed E-state index contributed by atoms with van der Waals surface area (Å²) in [4.78, 5) is 15.5. The van der Waals surface area contributed by atoms with Crippen LogP contribution in [0.3, 0.4) is 0 Å². The molecule has 1 atom stereocenters. The zero-order valence-electron chi connectivity index (χ0n) is 17.6. The van der Waals surface area contributed by atoms with Crippen molar-refractivity contribution in [1.82, 2.24) is 9.47 Å². The third-order valence-electron chi connectivity index (χ3n) is 5.27. The minimum Gasteiger partial charge on any atom is -0.453 e. The number of hydrogen-bond acceptors (Lipinski definition) is 3. The van der Waals surface area contributed by atoms with E-state index in [1.807, 2.05) is 50.5 Å². The predicted molar refractivity (Wildman–Crippen MR) is 120 cm³/mol. The van der Waals surface area contributed by atoms with E-state index in [9.17, 15) is 4.79 Å². The van der Waals surface area contributed by atoms with Crippen LogP contribution in [0.4, 0.5) is 0 Å². The smallest absolute Gasteiger partial charge is 0.355 e. The molecule has 154 valence electrons. The van der Waals surface area contributed by atoms with E-state index in [0.29, 0.717) is 23.7 Å². The zero-order chi connectivity index (χ0) is 21.0. The largest absolute Gasteiger partial charge is 0.453 e. The molecule has 2 aromatic carbocycles. The van der Waals surface area contributed by atoms with Crippen LogP contribution in [-0.2, 0) is 17.7 Å². The number of esters is 1. The standard InChI is InChI=1S/C24H29ClN2O2/c1-5-19-20-9-7-8-10-21(20)27(6-2)23(19)24(28)29-22(15-16-26(3)4)17-11-13-18(25)14-12-17/h7-14,22H,5-6,15-16H2,1-4H3. The lowest BCUT2D eigenvalue weighted by atomic mass is 10.1. The molecule has 4 nitrogen and oxygen atoms in total. The predicted octanol–water partition coefficient (Wildman–Crippen LogP) is 5.73. The van der Waals surface area contributed by atoms with E-state index in [1.165, 1.54) is 0 Å². The van der Waals surface area contributed by atoms with Gasteiger partial charge in [-0.05, 0) is 56.8 Å². The third kappa shape index (κ3) is 4.65. The summed E-state index contributed by atoms with van der Waals surface area (Å²) in [5.41, 5.74) is 3.76. The number of hydrogen-bond donors (Lipinski definition) is 0. The molecular weight excluding hydrogens is 384 g/mol. The van der Waals surface area contributed by atoms with Crippen molar-refractivity contribution in [3.63, 3.8) is 0 Å². The van der Waals surface area contributed by atoms with Crippen LogP contribution < -0.4 is 0 Å². The van der Waals surface area contributed by atoms with Crippen LogP contribution in [0.1, 0.15) is 48.0 Å². The molecule has 0 amide bonds. The van der Waals surface area contributed by atoms with Crippen LogP contribution in [0.5, 0.6) is 0 Å². The fourth-order valence-corrected chi connectivity index (χ4v) is 3.95. The van der Waals surface area contributed by atoms with Gasteiger partial charge in [0, 0.05) is 35.4 Å². The van der Waals surface area contributed by atoms with Gasteiger partial charge in [-0.3, -0.25) is 0 Å². The molecule has 1 aromatic heterocycles. The molecule has 0 spiro atoms. The number of carbonyl (C=O) groups excluding carboxylic acids is 1. The molecule has 0 N–H and O–H groups in total. The number of carbonyl (C=O) groups is 1. The van der Waals surface area contributed by atoms with Crippen LogP contribution in [0.25, 0.3) is 10.9 Å². The molecule has 0 aliphatic rings. The molecule has 0 saturated heterocycles. The second-order valence-corrected chi connectivity index (χ2v) is 7.92. The average molecular weight is 413 g/mol. The molecule has 3 aromatic rings. The Labute approximate surface area is 178 Å². The van der Waals surface area contributed by atoms with Crippen LogP contribution in [0.2, 0.25) is 5.02 Å². The van der Waals surface area contributed by atoms with Gasteiger partial charge in [0.2, 0.25) is 0 Å². The highest BCUT2D eigenvalue weighted by Crippen LogP contribution is 2.30. The van der Waals surface area contributed by atoms with Crippen molar-refractivity contribution in [2.45, 2.75) is 39.3 Å². The van der Waals surface area contributed by atoms with Gasteiger partial charge < -0.3 is 14.2 Å². The summed E-state index contributed by atoms with van der Waals surface area (Å²) in [5.74, 6) is -0.265. The Morgan fingerprint density at radius 3 is 2.41 bits per heavy atom. The highest BCUT2D eigenvalue weighted by Gasteiger charge is 2.25. The van der Waals surface area contributed by atoms with E-state index < -0.39 is 0 Å². The number of aromatic nitrogens is 1. The second-order valence-electron chi connectivity index (χ2n) is 7.48. The summed E-state index contributed by atoms with van der Waals surface area (Å²) in [5, 5.41) is 1.80. The molecule has 3 rings (SSSR count). The van der Waals surface area contributed by atoms with E-state index in [0.717, 1.165) is 35.0 Å². The van der Waals surface area contributed by atoms with Gasteiger partial charge in [0.1, 0.15) is 11.8 Å². The highest BCUT2D eigenvalue weighted by atomic mass is 35.5. The zero-order valence-corrected chi connectivity index (χ0v) is 18.4. The first-order chi connectivity index (χ1) is 14.0. The Kier molecular flexibility index (Phi) is 6.99. The number of rotatable bonds is 8. The van der Waals surface area contributed by atoms with E-state index in [2.05, 4.69) is 35.4 Å². The Bertz CT molecular complexity index is 935. The maximum absolute atomic E-state index is 13.4. The highest BCUT2D eigenvalue weighted by molar-refractivity contribution is 6.30. The van der Waals surface area contributed by atoms with Gasteiger partial charge in [-0.15, -0.1) is 0 Å². The number of halogens is 1. The van der Waals surface area contributed by atoms with Crippen molar-refractivity contribution in [3.8, 4) is 0 Å². The van der Waals surface area contributed by atoms with Crippen molar-refractivity contribution in [2.75, 3.05) is 20.6 Å². The van der Waals surface area contributed by atoms with E-state index in [1.54, 1.807) is 0 Å². The Balaban J connectivity index is 1.98. The molecule has 0 bridgehead atoms. The van der Waals surface area contributed by atoms with Crippen LogP contribution in [-0.4, -0.2) is 36.1 Å². The summed E-state index contributed by atoms with van der Waals surface area (Å²) < 4.78 is 8.17.